The van der Waals surface area contributed by atoms with Crippen molar-refractivity contribution in [2.75, 3.05) is 5.32 Å². The minimum atomic E-state index is 0.0560. The average Bonchev–Trinajstić information content (AvgIpc) is 2.19. The zero-order chi connectivity index (χ0) is 10.9. The maximum atomic E-state index is 8.42. The Balaban J connectivity index is 3.53. The molecule has 74 valence electrons. The third-order valence-electron chi connectivity index (χ3n) is 1.39. The molecule has 0 saturated heterocycles. The van der Waals surface area contributed by atoms with Crippen molar-refractivity contribution >= 4 is 63.7 Å². The van der Waals surface area contributed by atoms with Gasteiger partial charge >= 0.3 is 0 Å². The molecule has 0 heterocycles. The van der Waals surface area contributed by atoms with E-state index in [1.54, 1.807) is 6.19 Å². The Morgan fingerprint density at radius 2 is 1.14 bits per heavy atom. The predicted octanol–water partition coefficient (Wildman–Crippen LogP) is 4.85. The molecule has 0 bridgehead atoms. The van der Waals surface area contributed by atoms with Gasteiger partial charge in [-0.3, -0.25) is 5.32 Å². The largest absolute Gasteiger partial charge is 0.290 e. The first-order valence-corrected chi connectivity index (χ1v) is 5.06. The molecule has 0 saturated carbocycles. The van der Waals surface area contributed by atoms with Crippen molar-refractivity contribution in [1.82, 2.24) is 0 Å². The first kappa shape index (κ1) is 12.0. The van der Waals surface area contributed by atoms with Gasteiger partial charge in [0.25, 0.3) is 0 Å². The molecule has 1 rings (SSSR count). The molecule has 0 spiro atoms. The monoisotopic (exact) mass is 288 g/mol. The van der Waals surface area contributed by atoms with Crippen LogP contribution >= 0.6 is 58.0 Å². The van der Waals surface area contributed by atoms with Gasteiger partial charge < -0.3 is 0 Å². The number of nitriles is 1. The van der Waals surface area contributed by atoms with Crippen LogP contribution in [0.5, 0.6) is 0 Å². The van der Waals surface area contributed by atoms with E-state index in [4.69, 9.17) is 63.3 Å². The van der Waals surface area contributed by atoms with E-state index in [9.17, 15) is 0 Å². The highest BCUT2D eigenvalue weighted by Crippen LogP contribution is 2.46. The van der Waals surface area contributed by atoms with Crippen molar-refractivity contribution in [2.45, 2.75) is 0 Å². The van der Waals surface area contributed by atoms with Gasteiger partial charge in [0.1, 0.15) is 0 Å². The fraction of sp³-hybridized carbons (Fsp3) is 0. The van der Waals surface area contributed by atoms with Gasteiger partial charge in [0, 0.05) is 0 Å². The summed E-state index contributed by atoms with van der Waals surface area (Å²) in [6.07, 6.45) is 1.66. The number of hydrogen-bond acceptors (Lipinski definition) is 2. The van der Waals surface area contributed by atoms with E-state index in [1.165, 1.54) is 0 Å². The Morgan fingerprint density at radius 1 is 0.786 bits per heavy atom. The molecule has 14 heavy (non-hydrogen) atoms. The van der Waals surface area contributed by atoms with Crippen LogP contribution in [0.1, 0.15) is 0 Å². The SMILES string of the molecule is N#CNc1c(Cl)c(Cl)c(Cl)c(Cl)c1Cl. The lowest BCUT2D eigenvalue weighted by atomic mass is 10.3. The Bertz CT molecular complexity index is 394. The summed E-state index contributed by atoms with van der Waals surface area (Å²) in [7, 11) is 0. The van der Waals surface area contributed by atoms with E-state index in [1.807, 2.05) is 0 Å². The summed E-state index contributed by atoms with van der Waals surface area (Å²) in [5.74, 6) is 0. The van der Waals surface area contributed by atoms with Gasteiger partial charge in [0.15, 0.2) is 6.19 Å². The standard InChI is InChI=1S/C7HCl5N2/c8-2-3(9)5(11)7(14-1-13)6(12)4(2)10/h14H. The van der Waals surface area contributed by atoms with Crippen LogP contribution in [0.25, 0.3) is 0 Å². The molecular weight excluding hydrogens is 289 g/mol. The van der Waals surface area contributed by atoms with Crippen molar-refractivity contribution in [3.63, 3.8) is 0 Å². The number of anilines is 1. The van der Waals surface area contributed by atoms with Crippen molar-refractivity contribution in [3.8, 4) is 6.19 Å². The molecule has 0 unspecified atom stereocenters. The zero-order valence-electron chi connectivity index (χ0n) is 6.34. The molecule has 0 aliphatic heterocycles. The third-order valence-corrected chi connectivity index (χ3v) is 3.67. The molecule has 1 N–H and O–H groups in total. The number of hydrogen-bond donors (Lipinski definition) is 1. The zero-order valence-corrected chi connectivity index (χ0v) is 10.1. The van der Waals surface area contributed by atoms with Gasteiger partial charge in [-0.2, -0.15) is 5.26 Å². The first-order chi connectivity index (χ1) is 6.50. The summed E-state index contributed by atoms with van der Waals surface area (Å²) >= 11 is 28.8. The third kappa shape index (κ3) is 1.98. The predicted molar refractivity (Wildman–Crippen MR) is 60.7 cm³/mol. The van der Waals surface area contributed by atoms with Crippen molar-refractivity contribution in [1.29, 1.82) is 5.26 Å². The Labute approximate surface area is 105 Å². The summed E-state index contributed by atoms with van der Waals surface area (Å²) in [6.45, 7) is 0. The van der Waals surface area contributed by atoms with Crippen molar-refractivity contribution in [3.05, 3.63) is 25.1 Å². The second-order valence-electron chi connectivity index (χ2n) is 2.18. The molecule has 0 atom stereocenters. The lowest BCUT2D eigenvalue weighted by molar-refractivity contribution is 1.47. The van der Waals surface area contributed by atoms with Gasteiger partial charge in [0.2, 0.25) is 0 Å². The lowest BCUT2D eigenvalue weighted by Gasteiger charge is -2.09. The van der Waals surface area contributed by atoms with Crippen LogP contribution in [0.4, 0.5) is 5.69 Å². The second-order valence-corrected chi connectivity index (χ2v) is 4.07. The van der Waals surface area contributed by atoms with E-state index in [2.05, 4.69) is 5.32 Å². The number of benzene rings is 1. The van der Waals surface area contributed by atoms with Gasteiger partial charge in [-0.25, -0.2) is 0 Å². The molecule has 0 aliphatic rings. The van der Waals surface area contributed by atoms with E-state index in [0.717, 1.165) is 0 Å². The number of nitrogens with zero attached hydrogens (tertiary/aromatic N) is 1. The maximum absolute atomic E-state index is 8.42. The normalized spacial score (nSPS) is 9.71. The lowest BCUT2D eigenvalue weighted by Crippen LogP contribution is -1.92. The smallest absolute Gasteiger partial charge is 0.181 e. The molecule has 2 nitrogen and oxygen atoms in total. The molecule has 0 amide bonds. The Morgan fingerprint density at radius 3 is 1.50 bits per heavy atom. The molecule has 0 fully saturated rings. The molecule has 0 radical (unpaired) electrons. The molecule has 1 aromatic carbocycles. The highest BCUT2D eigenvalue weighted by atomic mass is 35.5. The Hall–Kier alpha value is -0.0400. The number of halogens is 5. The summed E-state index contributed by atoms with van der Waals surface area (Å²) < 4.78 is 0. The number of nitrogens with one attached hydrogen (secondary N) is 1. The van der Waals surface area contributed by atoms with Crippen LogP contribution in [0.2, 0.25) is 25.1 Å². The van der Waals surface area contributed by atoms with Crippen LogP contribution in [0.3, 0.4) is 0 Å². The van der Waals surface area contributed by atoms with Gasteiger partial charge in [-0.1, -0.05) is 58.0 Å². The minimum Gasteiger partial charge on any atom is -0.290 e. The van der Waals surface area contributed by atoms with E-state index in [-0.39, 0.29) is 30.8 Å². The van der Waals surface area contributed by atoms with E-state index in [0.29, 0.717) is 0 Å². The highest BCUT2D eigenvalue weighted by Gasteiger charge is 2.18. The maximum Gasteiger partial charge on any atom is 0.181 e. The fourth-order valence-corrected chi connectivity index (χ4v) is 2.00. The molecule has 0 aliphatic carbocycles. The summed E-state index contributed by atoms with van der Waals surface area (Å²) in [5.41, 5.74) is 0.148. The van der Waals surface area contributed by atoms with Crippen LogP contribution in [-0.2, 0) is 0 Å². The molecular formula is C7HCl5N2. The topological polar surface area (TPSA) is 35.8 Å². The summed E-state index contributed by atoms with van der Waals surface area (Å²) in [5, 5.41) is 11.0. The first-order valence-electron chi connectivity index (χ1n) is 3.17. The van der Waals surface area contributed by atoms with E-state index >= 15 is 0 Å². The quantitative estimate of drug-likeness (QED) is 0.347. The minimum absolute atomic E-state index is 0.0560. The van der Waals surface area contributed by atoms with Crippen LogP contribution in [-0.4, -0.2) is 0 Å². The van der Waals surface area contributed by atoms with Gasteiger partial charge in [-0.05, 0) is 0 Å². The number of rotatable bonds is 1. The second kappa shape index (κ2) is 4.65. The van der Waals surface area contributed by atoms with E-state index < -0.39 is 0 Å². The summed E-state index contributed by atoms with van der Waals surface area (Å²) in [6, 6.07) is 0. The molecule has 0 aromatic heterocycles. The summed E-state index contributed by atoms with van der Waals surface area (Å²) in [4.78, 5) is 0. The van der Waals surface area contributed by atoms with Crippen LogP contribution < -0.4 is 5.32 Å². The van der Waals surface area contributed by atoms with Crippen LogP contribution in [0.15, 0.2) is 0 Å². The average molecular weight is 290 g/mol. The fourth-order valence-electron chi connectivity index (χ4n) is 0.771. The highest BCUT2D eigenvalue weighted by molar-refractivity contribution is 6.56. The van der Waals surface area contributed by atoms with Crippen molar-refractivity contribution in [2.24, 2.45) is 0 Å². The molecule has 1 aromatic rings. The van der Waals surface area contributed by atoms with Crippen molar-refractivity contribution < 1.29 is 0 Å². The van der Waals surface area contributed by atoms with Crippen LogP contribution in [0, 0.1) is 11.5 Å². The van der Waals surface area contributed by atoms with Gasteiger partial charge in [-0.15, -0.1) is 0 Å². The van der Waals surface area contributed by atoms with Gasteiger partial charge in [0.05, 0.1) is 30.8 Å². The molecule has 7 heteroatoms. The Kier molecular flexibility index (Phi) is 4.00.